The van der Waals surface area contributed by atoms with Gasteiger partial charge in [0.05, 0.1) is 17.0 Å². The first-order chi connectivity index (χ1) is 9.92. The molecule has 0 N–H and O–H groups in total. The summed E-state index contributed by atoms with van der Waals surface area (Å²) in [5.74, 6) is 0.177. The Morgan fingerprint density at radius 2 is 1.81 bits per heavy atom. The zero-order chi connectivity index (χ0) is 15.6. The van der Waals surface area contributed by atoms with Crippen molar-refractivity contribution in [3.05, 3.63) is 62.9 Å². The molecule has 1 nitrogen and oxygen atoms in total. The van der Waals surface area contributed by atoms with Crippen LogP contribution in [0.3, 0.4) is 0 Å². The molecule has 0 bridgehead atoms. The molecule has 0 aromatic heterocycles. The Labute approximate surface area is 138 Å². The van der Waals surface area contributed by atoms with Gasteiger partial charge >= 0.3 is 0 Å². The molecule has 0 amide bonds. The average molecular weight is 348 g/mol. The number of aryl methyl sites for hydroxylation is 1. The predicted molar refractivity (Wildman–Crippen MR) is 86.5 cm³/mol. The fourth-order valence-electron chi connectivity index (χ4n) is 2.09. The minimum atomic E-state index is -0.583. The quantitative estimate of drug-likeness (QED) is 0.601. The van der Waals surface area contributed by atoms with E-state index in [9.17, 15) is 4.39 Å². The Bertz CT molecular complexity index is 638. The molecule has 0 fully saturated rings. The largest absolute Gasteiger partial charge is 0.492 e. The summed E-state index contributed by atoms with van der Waals surface area (Å²) in [6, 6.07) is 7.95. The first kappa shape index (κ1) is 16.4. The van der Waals surface area contributed by atoms with Crippen molar-refractivity contribution in [2.24, 2.45) is 0 Å². The molecule has 0 radical (unpaired) electrons. The van der Waals surface area contributed by atoms with Gasteiger partial charge in [0, 0.05) is 11.1 Å². The molecule has 0 spiro atoms. The molecule has 0 saturated heterocycles. The van der Waals surface area contributed by atoms with Gasteiger partial charge in [0.2, 0.25) is 0 Å². The molecular formula is C16H14Cl3FO. The topological polar surface area (TPSA) is 9.23 Å². The summed E-state index contributed by atoms with van der Waals surface area (Å²) < 4.78 is 18.9. The van der Waals surface area contributed by atoms with Gasteiger partial charge in [0.1, 0.15) is 11.6 Å². The molecule has 0 aliphatic heterocycles. The van der Waals surface area contributed by atoms with Gasteiger partial charge < -0.3 is 4.74 Å². The number of ether oxygens (including phenoxy) is 1. The van der Waals surface area contributed by atoms with Crippen molar-refractivity contribution in [2.75, 3.05) is 6.61 Å². The number of hydrogen-bond acceptors (Lipinski definition) is 1. The molecule has 2 rings (SSSR count). The third kappa shape index (κ3) is 3.82. The molecule has 0 saturated carbocycles. The first-order valence-corrected chi connectivity index (χ1v) is 7.64. The van der Waals surface area contributed by atoms with E-state index in [-0.39, 0.29) is 5.82 Å². The minimum absolute atomic E-state index is 0.330. The van der Waals surface area contributed by atoms with Crippen LogP contribution in [0.2, 0.25) is 10.0 Å². The highest BCUT2D eigenvalue weighted by Crippen LogP contribution is 2.39. The molecule has 1 atom stereocenters. The van der Waals surface area contributed by atoms with Gasteiger partial charge in [-0.15, -0.1) is 11.6 Å². The maximum absolute atomic E-state index is 13.5. The van der Waals surface area contributed by atoms with Gasteiger partial charge in [-0.2, -0.15) is 0 Å². The third-order valence-corrected chi connectivity index (χ3v) is 4.09. The standard InChI is InChI=1S/C16H14Cl3FO/c1-3-21-15-8-13(17)12(7-14(15)18)16(19)10-4-9(2)5-11(20)6-10/h4-8,16H,3H2,1-2H3. The normalized spacial score (nSPS) is 12.3. The molecule has 0 aliphatic rings. The highest BCUT2D eigenvalue weighted by Gasteiger charge is 2.18. The van der Waals surface area contributed by atoms with Crippen LogP contribution in [0.25, 0.3) is 0 Å². The summed E-state index contributed by atoms with van der Waals surface area (Å²) in [6.45, 7) is 4.16. The van der Waals surface area contributed by atoms with E-state index in [0.29, 0.717) is 33.5 Å². The third-order valence-electron chi connectivity index (χ3n) is 2.98. The fraction of sp³-hybridized carbons (Fsp3) is 0.250. The van der Waals surface area contributed by atoms with Crippen LogP contribution in [0.1, 0.15) is 29.0 Å². The molecule has 5 heteroatoms. The second kappa shape index (κ2) is 6.87. The Kier molecular flexibility index (Phi) is 5.37. The molecule has 0 aliphatic carbocycles. The van der Waals surface area contributed by atoms with E-state index in [0.717, 1.165) is 5.56 Å². The summed E-state index contributed by atoms with van der Waals surface area (Å²) in [5, 5.41) is 0.278. The van der Waals surface area contributed by atoms with Crippen LogP contribution in [0, 0.1) is 12.7 Å². The van der Waals surface area contributed by atoms with Crippen LogP contribution in [0.5, 0.6) is 5.75 Å². The van der Waals surface area contributed by atoms with E-state index < -0.39 is 5.38 Å². The van der Waals surface area contributed by atoms with Crippen molar-refractivity contribution < 1.29 is 9.13 Å². The Hall–Kier alpha value is -0.960. The molecule has 2 aromatic carbocycles. The van der Waals surface area contributed by atoms with Gasteiger partial charge in [0.25, 0.3) is 0 Å². The molecule has 0 heterocycles. The molecule has 2 aromatic rings. The summed E-state index contributed by atoms with van der Waals surface area (Å²) in [7, 11) is 0. The summed E-state index contributed by atoms with van der Waals surface area (Å²) >= 11 is 18.8. The molecular weight excluding hydrogens is 334 g/mol. The lowest BCUT2D eigenvalue weighted by Crippen LogP contribution is -1.99. The van der Waals surface area contributed by atoms with Crippen molar-refractivity contribution in [1.82, 2.24) is 0 Å². The van der Waals surface area contributed by atoms with Crippen molar-refractivity contribution >= 4 is 34.8 Å². The van der Waals surface area contributed by atoms with Gasteiger partial charge in [-0.25, -0.2) is 4.39 Å². The zero-order valence-corrected chi connectivity index (χ0v) is 13.9. The lowest BCUT2D eigenvalue weighted by Gasteiger charge is -2.15. The Balaban J connectivity index is 2.43. The number of benzene rings is 2. The molecule has 1 unspecified atom stereocenters. The number of rotatable bonds is 4. The van der Waals surface area contributed by atoms with Crippen molar-refractivity contribution in [3.8, 4) is 5.75 Å². The van der Waals surface area contributed by atoms with E-state index in [1.165, 1.54) is 12.1 Å². The average Bonchev–Trinajstić information content (AvgIpc) is 2.41. The van der Waals surface area contributed by atoms with E-state index in [1.807, 2.05) is 19.9 Å². The predicted octanol–water partition coefficient (Wildman–Crippen LogP) is 6.17. The highest BCUT2D eigenvalue weighted by molar-refractivity contribution is 6.36. The van der Waals surface area contributed by atoms with Gasteiger partial charge in [-0.3, -0.25) is 0 Å². The Morgan fingerprint density at radius 1 is 1.10 bits per heavy atom. The van der Waals surface area contributed by atoms with Crippen LogP contribution < -0.4 is 4.74 Å². The Morgan fingerprint density at radius 3 is 2.43 bits per heavy atom. The van der Waals surface area contributed by atoms with Crippen LogP contribution in [0.4, 0.5) is 4.39 Å². The highest BCUT2D eigenvalue weighted by atomic mass is 35.5. The smallest absolute Gasteiger partial charge is 0.139 e. The monoisotopic (exact) mass is 346 g/mol. The van der Waals surface area contributed by atoms with E-state index in [1.54, 1.807) is 12.1 Å². The van der Waals surface area contributed by atoms with Crippen LogP contribution in [-0.2, 0) is 0 Å². The summed E-state index contributed by atoms with van der Waals surface area (Å²) in [4.78, 5) is 0. The van der Waals surface area contributed by atoms with Crippen molar-refractivity contribution in [1.29, 1.82) is 0 Å². The second-order valence-electron chi connectivity index (χ2n) is 4.66. The van der Waals surface area contributed by atoms with E-state index >= 15 is 0 Å². The fourth-order valence-corrected chi connectivity index (χ4v) is 2.95. The summed E-state index contributed by atoms with van der Waals surface area (Å²) in [6.07, 6.45) is 0. The number of alkyl halides is 1. The van der Waals surface area contributed by atoms with Crippen LogP contribution >= 0.6 is 34.8 Å². The van der Waals surface area contributed by atoms with Gasteiger partial charge in [-0.1, -0.05) is 29.3 Å². The molecule has 21 heavy (non-hydrogen) atoms. The van der Waals surface area contributed by atoms with E-state index in [2.05, 4.69) is 0 Å². The SMILES string of the molecule is CCOc1cc(Cl)c(C(Cl)c2cc(C)cc(F)c2)cc1Cl. The number of halogens is 4. The molecule has 112 valence electrons. The minimum Gasteiger partial charge on any atom is -0.492 e. The van der Waals surface area contributed by atoms with E-state index in [4.69, 9.17) is 39.5 Å². The van der Waals surface area contributed by atoms with Gasteiger partial charge in [0.15, 0.2) is 0 Å². The van der Waals surface area contributed by atoms with Crippen molar-refractivity contribution in [2.45, 2.75) is 19.2 Å². The van der Waals surface area contributed by atoms with Gasteiger partial charge in [-0.05, 0) is 48.7 Å². The lowest BCUT2D eigenvalue weighted by atomic mass is 10.0. The first-order valence-electron chi connectivity index (χ1n) is 6.45. The second-order valence-corrected chi connectivity index (χ2v) is 5.91. The zero-order valence-electron chi connectivity index (χ0n) is 11.6. The van der Waals surface area contributed by atoms with Crippen LogP contribution in [0.15, 0.2) is 30.3 Å². The van der Waals surface area contributed by atoms with Crippen LogP contribution in [-0.4, -0.2) is 6.61 Å². The lowest BCUT2D eigenvalue weighted by molar-refractivity contribution is 0.340. The summed E-state index contributed by atoms with van der Waals surface area (Å²) in [5.41, 5.74) is 2.05. The maximum Gasteiger partial charge on any atom is 0.139 e. The maximum atomic E-state index is 13.5. The van der Waals surface area contributed by atoms with Crippen molar-refractivity contribution in [3.63, 3.8) is 0 Å². The number of hydrogen-bond donors (Lipinski definition) is 0.